The second-order valence-electron chi connectivity index (χ2n) is 9.92. The van der Waals surface area contributed by atoms with Crippen LogP contribution in [0.25, 0.3) is 0 Å². The summed E-state index contributed by atoms with van der Waals surface area (Å²) >= 11 is 0. The summed E-state index contributed by atoms with van der Waals surface area (Å²) in [6, 6.07) is 28.0. The van der Waals surface area contributed by atoms with Gasteiger partial charge in [0, 0.05) is 19.5 Å². The first kappa shape index (κ1) is 29.3. The fourth-order valence-corrected chi connectivity index (χ4v) is 4.62. The molecule has 0 spiro atoms. The predicted octanol–water partition coefficient (Wildman–Crippen LogP) is 5.65. The molecule has 0 aliphatic rings. The standard InChI is InChI=1S/C34H35FN2O4/c1-24-9-11-26(12-10-24)22-36-34(39)30(19-25-7-5-4-6-8-25)37(23-27-13-16-29(35)17-14-27)33(38)21-28-15-18-31(40-2)32(20-28)41-3/h4-18,20,30H,19,21-23H2,1-3H3,(H,36,39). The Morgan fingerprint density at radius 2 is 1.41 bits per heavy atom. The largest absolute Gasteiger partial charge is 0.493 e. The summed E-state index contributed by atoms with van der Waals surface area (Å²) in [6.07, 6.45) is 0.359. The summed E-state index contributed by atoms with van der Waals surface area (Å²) in [7, 11) is 3.09. The van der Waals surface area contributed by atoms with Crippen LogP contribution in [0.4, 0.5) is 4.39 Å². The average molecular weight is 555 g/mol. The average Bonchev–Trinajstić information content (AvgIpc) is 2.99. The third kappa shape index (κ3) is 8.18. The Hall–Kier alpha value is -4.65. The Kier molecular flexibility index (Phi) is 10.1. The quantitative estimate of drug-likeness (QED) is 0.246. The summed E-state index contributed by atoms with van der Waals surface area (Å²) < 4.78 is 24.5. The maximum Gasteiger partial charge on any atom is 0.243 e. The maximum atomic E-state index is 14.0. The molecular weight excluding hydrogens is 519 g/mol. The topological polar surface area (TPSA) is 67.9 Å². The van der Waals surface area contributed by atoms with Crippen molar-refractivity contribution in [1.82, 2.24) is 10.2 Å². The molecule has 1 N–H and O–H groups in total. The van der Waals surface area contributed by atoms with Crippen LogP contribution in [0.2, 0.25) is 0 Å². The number of nitrogens with one attached hydrogen (secondary N) is 1. The van der Waals surface area contributed by atoms with Crippen LogP contribution in [-0.2, 0) is 35.5 Å². The molecule has 0 fully saturated rings. The summed E-state index contributed by atoms with van der Waals surface area (Å²) in [4.78, 5) is 29.4. The van der Waals surface area contributed by atoms with E-state index in [1.165, 1.54) is 12.1 Å². The SMILES string of the molecule is COc1ccc(CC(=O)N(Cc2ccc(F)cc2)C(Cc2ccccc2)C(=O)NCc2ccc(C)cc2)cc1OC. The van der Waals surface area contributed by atoms with E-state index in [9.17, 15) is 14.0 Å². The van der Waals surface area contributed by atoms with E-state index >= 15 is 0 Å². The molecule has 2 amide bonds. The molecule has 0 radical (unpaired) electrons. The molecule has 0 aliphatic carbocycles. The van der Waals surface area contributed by atoms with Crippen LogP contribution in [0.15, 0.2) is 97.1 Å². The second-order valence-corrected chi connectivity index (χ2v) is 9.92. The minimum atomic E-state index is -0.805. The van der Waals surface area contributed by atoms with Gasteiger partial charge in [0.15, 0.2) is 11.5 Å². The van der Waals surface area contributed by atoms with Gasteiger partial charge in [-0.15, -0.1) is 0 Å². The number of aryl methyl sites for hydroxylation is 1. The third-order valence-electron chi connectivity index (χ3n) is 6.93. The van der Waals surface area contributed by atoms with Gasteiger partial charge < -0.3 is 19.7 Å². The smallest absolute Gasteiger partial charge is 0.243 e. The third-order valence-corrected chi connectivity index (χ3v) is 6.93. The van der Waals surface area contributed by atoms with Crippen molar-refractivity contribution >= 4 is 11.8 Å². The van der Waals surface area contributed by atoms with Gasteiger partial charge in [0.1, 0.15) is 11.9 Å². The first-order valence-electron chi connectivity index (χ1n) is 13.5. The highest BCUT2D eigenvalue weighted by Crippen LogP contribution is 2.28. The number of halogens is 1. The lowest BCUT2D eigenvalue weighted by molar-refractivity contribution is -0.140. The van der Waals surface area contributed by atoms with Crippen molar-refractivity contribution in [3.63, 3.8) is 0 Å². The zero-order valence-corrected chi connectivity index (χ0v) is 23.6. The molecule has 0 bridgehead atoms. The van der Waals surface area contributed by atoms with Crippen LogP contribution in [0.5, 0.6) is 11.5 Å². The lowest BCUT2D eigenvalue weighted by Crippen LogP contribution is -2.50. The molecule has 0 heterocycles. The summed E-state index contributed by atoms with van der Waals surface area (Å²) in [6.45, 7) is 2.48. The molecule has 0 aromatic heterocycles. The van der Waals surface area contributed by atoms with Gasteiger partial charge >= 0.3 is 0 Å². The molecule has 212 valence electrons. The first-order valence-corrected chi connectivity index (χ1v) is 13.5. The fourth-order valence-electron chi connectivity index (χ4n) is 4.62. The number of nitrogens with zero attached hydrogens (tertiary/aromatic N) is 1. The number of methoxy groups -OCH3 is 2. The van der Waals surface area contributed by atoms with Gasteiger partial charge in [-0.1, -0.05) is 78.4 Å². The highest BCUT2D eigenvalue weighted by molar-refractivity contribution is 5.89. The number of hydrogen-bond acceptors (Lipinski definition) is 4. The zero-order valence-electron chi connectivity index (χ0n) is 23.6. The monoisotopic (exact) mass is 554 g/mol. The van der Waals surface area contributed by atoms with E-state index in [4.69, 9.17) is 9.47 Å². The Morgan fingerprint density at radius 3 is 2.07 bits per heavy atom. The molecule has 0 saturated carbocycles. The Bertz CT molecular complexity index is 1440. The summed E-state index contributed by atoms with van der Waals surface area (Å²) in [5.41, 5.74) is 4.45. The molecule has 1 unspecified atom stereocenters. The highest BCUT2D eigenvalue weighted by atomic mass is 19.1. The van der Waals surface area contributed by atoms with Gasteiger partial charge in [-0.3, -0.25) is 9.59 Å². The Morgan fingerprint density at radius 1 is 0.780 bits per heavy atom. The van der Waals surface area contributed by atoms with Gasteiger partial charge in [0.25, 0.3) is 0 Å². The van der Waals surface area contributed by atoms with E-state index in [1.54, 1.807) is 49.5 Å². The van der Waals surface area contributed by atoms with Gasteiger partial charge in [0.05, 0.1) is 20.6 Å². The van der Waals surface area contributed by atoms with E-state index in [0.29, 0.717) is 24.5 Å². The van der Waals surface area contributed by atoms with Crippen molar-refractivity contribution < 1.29 is 23.5 Å². The van der Waals surface area contributed by atoms with Crippen molar-refractivity contribution in [1.29, 1.82) is 0 Å². The van der Waals surface area contributed by atoms with Gasteiger partial charge in [-0.05, 0) is 53.4 Å². The van der Waals surface area contributed by atoms with E-state index < -0.39 is 6.04 Å². The van der Waals surface area contributed by atoms with E-state index in [1.807, 2.05) is 61.5 Å². The Labute approximate surface area is 240 Å². The lowest BCUT2D eigenvalue weighted by atomic mass is 10.0. The summed E-state index contributed by atoms with van der Waals surface area (Å²) in [5.74, 6) is 0.197. The van der Waals surface area contributed by atoms with Crippen LogP contribution in [0.3, 0.4) is 0 Å². The number of hydrogen-bond donors (Lipinski definition) is 1. The number of ether oxygens (including phenoxy) is 2. The normalized spacial score (nSPS) is 11.4. The number of carbonyl (C=O) groups is 2. The zero-order chi connectivity index (χ0) is 29.2. The molecule has 6 nitrogen and oxygen atoms in total. The molecular formula is C34H35FN2O4. The lowest BCUT2D eigenvalue weighted by Gasteiger charge is -2.32. The number of carbonyl (C=O) groups excluding carboxylic acids is 2. The molecule has 4 rings (SSSR count). The van der Waals surface area contributed by atoms with Gasteiger partial charge in [-0.25, -0.2) is 4.39 Å². The van der Waals surface area contributed by atoms with Crippen LogP contribution < -0.4 is 14.8 Å². The maximum absolute atomic E-state index is 14.0. The number of benzene rings is 4. The van der Waals surface area contributed by atoms with Crippen molar-refractivity contribution in [2.75, 3.05) is 14.2 Å². The Balaban J connectivity index is 1.66. The molecule has 0 aliphatic heterocycles. The van der Waals surface area contributed by atoms with E-state index in [2.05, 4.69) is 5.32 Å². The van der Waals surface area contributed by atoms with Crippen LogP contribution in [0.1, 0.15) is 27.8 Å². The van der Waals surface area contributed by atoms with E-state index in [0.717, 1.165) is 27.8 Å². The fraction of sp³-hybridized carbons (Fsp3) is 0.235. The minimum Gasteiger partial charge on any atom is -0.493 e. The first-order chi connectivity index (χ1) is 19.9. The van der Waals surface area contributed by atoms with Gasteiger partial charge in [0.2, 0.25) is 11.8 Å². The molecule has 1 atom stereocenters. The van der Waals surface area contributed by atoms with Crippen molar-refractivity contribution in [2.45, 2.75) is 38.9 Å². The van der Waals surface area contributed by atoms with Crippen molar-refractivity contribution in [3.8, 4) is 11.5 Å². The van der Waals surface area contributed by atoms with E-state index in [-0.39, 0.29) is 30.6 Å². The minimum absolute atomic E-state index is 0.0398. The molecule has 0 saturated heterocycles. The van der Waals surface area contributed by atoms with Crippen LogP contribution in [0, 0.1) is 12.7 Å². The van der Waals surface area contributed by atoms with Crippen LogP contribution >= 0.6 is 0 Å². The van der Waals surface area contributed by atoms with Crippen molar-refractivity contribution in [3.05, 3.63) is 131 Å². The summed E-state index contributed by atoms with van der Waals surface area (Å²) in [5, 5.41) is 3.04. The van der Waals surface area contributed by atoms with Gasteiger partial charge in [-0.2, -0.15) is 0 Å². The van der Waals surface area contributed by atoms with Crippen molar-refractivity contribution in [2.24, 2.45) is 0 Å². The van der Waals surface area contributed by atoms with Crippen LogP contribution in [-0.4, -0.2) is 37.0 Å². The predicted molar refractivity (Wildman–Crippen MR) is 157 cm³/mol. The second kappa shape index (κ2) is 14.1. The molecule has 4 aromatic carbocycles. The number of rotatable bonds is 12. The molecule has 41 heavy (non-hydrogen) atoms. The highest BCUT2D eigenvalue weighted by Gasteiger charge is 2.30. The number of amides is 2. The molecule has 4 aromatic rings. The molecule has 7 heteroatoms.